The normalized spacial score (nSPS) is 10.0. The quantitative estimate of drug-likeness (QED) is 0.715. The van der Waals surface area contributed by atoms with E-state index in [4.69, 9.17) is 16.9 Å². The number of hydrogen-bond acceptors (Lipinski definition) is 2. The summed E-state index contributed by atoms with van der Waals surface area (Å²) in [6, 6.07) is 10.3. The van der Waals surface area contributed by atoms with E-state index in [1.165, 1.54) is 6.07 Å². The molecule has 0 aliphatic heterocycles. The summed E-state index contributed by atoms with van der Waals surface area (Å²) < 4.78 is 0. The minimum absolute atomic E-state index is 0.140. The Morgan fingerprint density at radius 2 is 2.00 bits per heavy atom. The van der Waals surface area contributed by atoms with E-state index in [9.17, 15) is 5.11 Å². The third-order valence-electron chi connectivity index (χ3n) is 2.09. The monoisotopic (exact) mass is 203 g/mol. The molecule has 2 rings (SSSR count). The van der Waals surface area contributed by atoms with Gasteiger partial charge in [-0.05, 0) is 18.2 Å². The molecule has 0 aliphatic carbocycles. The Bertz CT molecular complexity index is 543. The van der Waals surface area contributed by atoms with Crippen LogP contribution in [0.1, 0.15) is 5.56 Å². The van der Waals surface area contributed by atoms with Crippen LogP contribution in [-0.2, 0) is 0 Å². The Kier molecular flexibility index (Phi) is 2.03. The van der Waals surface area contributed by atoms with Gasteiger partial charge in [-0.2, -0.15) is 5.26 Å². The topological polar surface area (TPSA) is 44.0 Å². The number of nitriles is 1. The summed E-state index contributed by atoms with van der Waals surface area (Å²) in [5.74, 6) is 0.140. The van der Waals surface area contributed by atoms with E-state index >= 15 is 0 Å². The number of hydrogen-bond donors (Lipinski definition) is 1. The third kappa shape index (κ3) is 1.19. The number of phenols is 1. The Morgan fingerprint density at radius 1 is 1.21 bits per heavy atom. The second-order valence-corrected chi connectivity index (χ2v) is 3.31. The summed E-state index contributed by atoms with van der Waals surface area (Å²) in [5, 5.41) is 20.1. The van der Waals surface area contributed by atoms with Crippen molar-refractivity contribution in [2.24, 2.45) is 0 Å². The number of benzene rings is 2. The lowest BCUT2D eigenvalue weighted by Crippen LogP contribution is -1.81. The molecule has 0 radical (unpaired) electrons. The Labute approximate surface area is 86.0 Å². The molecule has 0 fully saturated rings. The highest BCUT2D eigenvalue weighted by Gasteiger charge is 2.07. The molecule has 68 valence electrons. The second kappa shape index (κ2) is 3.21. The maximum absolute atomic E-state index is 9.55. The third-order valence-corrected chi connectivity index (χ3v) is 2.40. The summed E-state index contributed by atoms with van der Waals surface area (Å²) in [6.07, 6.45) is 0. The lowest BCUT2D eigenvalue weighted by molar-refractivity contribution is 0.481. The highest BCUT2D eigenvalue weighted by molar-refractivity contribution is 6.36. The van der Waals surface area contributed by atoms with Gasteiger partial charge >= 0.3 is 0 Å². The van der Waals surface area contributed by atoms with Crippen LogP contribution in [0.15, 0.2) is 30.3 Å². The minimum atomic E-state index is 0.140. The van der Waals surface area contributed by atoms with Gasteiger partial charge in [-0.15, -0.1) is 0 Å². The molecule has 0 unspecified atom stereocenters. The van der Waals surface area contributed by atoms with Crippen LogP contribution < -0.4 is 0 Å². The zero-order valence-corrected chi connectivity index (χ0v) is 7.92. The molecule has 0 aromatic heterocycles. The molecule has 0 aliphatic rings. The van der Waals surface area contributed by atoms with Crippen molar-refractivity contribution in [1.82, 2.24) is 0 Å². The summed E-state index contributed by atoms with van der Waals surface area (Å²) in [5.41, 5.74) is 0.475. The molecule has 0 saturated carbocycles. The lowest BCUT2D eigenvalue weighted by Gasteiger charge is -2.03. The first kappa shape index (κ1) is 8.86. The van der Waals surface area contributed by atoms with Crippen LogP contribution in [0.2, 0.25) is 5.02 Å². The first-order valence-electron chi connectivity index (χ1n) is 4.04. The predicted octanol–water partition coefficient (Wildman–Crippen LogP) is 3.07. The molecule has 0 heterocycles. The fraction of sp³-hybridized carbons (Fsp3) is 0. The molecule has 0 spiro atoms. The Balaban J connectivity index is 3.01. The van der Waals surface area contributed by atoms with Gasteiger partial charge in [-0.3, -0.25) is 0 Å². The van der Waals surface area contributed by atoms with Crippen LogP contribution in [0.5, 0.6) is 5.75 Å². The molecule has 0 saturated heterocycles. The fourth-order valence-corrected chi connectivity index (χ4v) is 1.72. The standard InChI is InChI=1S/C11H6ClNO/c12-9-3-1-2-8-10(14)5-4-7(6-13)11(8)9/h1-5,14H. The summed E-state index contributed by atoms with van der Waals surface area (Å²) in [6.45, 7) is 0. The smallest absolute Gasteiger partial charge is 0.123 e. The van der Waals surface area contributed by atoms with E-state index in [0.29, 0.717) is 21.4 Å². The van der Waals surface area contributed by atoms with Crippen molar-refractivity contribution in [2.45, 2.75) is 0 Å². The molecule has 3 heteroatoms. The molecule has 14 heavy (non-hydrogen) atoms. The minimum Gasteiger partial charge on any atom is -0.507 e. The predicted molar refractivity (Wildman–Crippen MR) is 55.3 cm³/mol. The number of fused-ring (bicyclic) bond motifs is 1. The van der Waals surface area contributed by atoms with Crippen molar-refractivity contribution < 1.29 is 5.11 Å². The number of halogens is 1. The second-order valence-electron chi connectivity index (χ2n) is 2.91. The zero-order valence-electron chi connectivity index (χ0n) is 7.16. The molecule has 0 amide bonds. The zero-order chi connectivity index (χ0) is 10.1. The van der Waals surface area contributed by atoms with Gasteiger partial charge < -0.3 is 5.11 Å². The molecule has 2 aromatic rings. The molecule has 0 atom stereocenters. The molecule has 2 aromatic carbocycles. The van der Waals surface area contributed by atoms with Gasteiger partial charge in [0.2, 0.25) is 0 Å². The number of nitrogens with zero attached hydrogens (tertiary/aromatic N) is 1. The number of aromatic hydroxyl groups is 1. The maximum atomic E-state index is 9.55. The molecule has 2 nitrogen and oxygen atoms in total. The van der Waals surface area contributed by atoms with Crippen molar-refractivity contribution >= 4 is 22.4 Å². The maximum Gasteiger partial charge on any atom is 0.123 e. The van der Waals surface area contributed by atoms with Crippen molar-refractivity contribution in [1.29, 1.82) is 5.26 Å². The first-order chi connectivity index (χ1) is 6.74. The van der Waals surface area contributed by atoms with Gasteiger partial charge in [-0.1, -0.05) is 23.7 Å². The average Bonchev–Trinajstić information content (AvgIpc) is 2.20. The van der Waals surface area contributed by atoms with E-state index in [1.807, 2.05) is 6.07 Å². The molecular weight excluding hydrogens is 198 g/mol. The Morgan fingerprint density at radius 3 is 2.71 bits per heavy atom. The van der Waals surface area contributed by atoms with Gasteiger partial charge in [-0.25, -0.2) is 0 Å². The van der Waals surface area contributed by atoms with Gasteiger partial charge in [0.25, 0.3) is 0 Å². The van der Waals surface area contributed by atoms with Crippen LogP contribution in [0.25, 0.3) is 10.8 Å². The number of rotatable bonds is 0. The van der Waals surface area contributed by atoms with Gasteiger partial charge in [0.1, 0.15) is 5.75 Å². The van der Waals surface area contributed by atoms with Gasteiger partial charge in [0.15, 0.2) is 0 Å². The van der Waals surface area contributed by atoms with Crippen molar-refractivity contribution in [2.75, 3.05) is 0 Å². The highest BCUT2D eigenvalue weighted by Crippen LogP contribution is 2.32. The van der Waals surface area contributed by atoms with Gasteiger partial charge in [0.05, 0.1) is 11.6 Å². The van der Waals surface area contributed by atoms with Crippen LogP contribution in [0.3, 0.4) is 0 Å². The van der Waals surface area contributed by atoms with E-state index < -0.39 is 0 Å². The largest absolute Gasteiger partial charge is 0.507 e. The fourth-order valence-electron chi connectivity index (χ4n) is 1.44. The SMILES string of the molecule is N#Cc1ccc(O)c2cccc(Cl)c12. The lowest BCUT2D eigenvalue weighted by atomic mass is 10.0. The van der Waals surface area contributed by atoms with Crippen molar-refractivity contribution in [3.8, 4) is 11.8 Å². The van der Waals surface area contributed by atoms with Crippen molar-refractivity contribution in [3.63, 3.8) is 0 Å². The van der Waals surface area contributed by atoms with Crippen LogP contribution in [0.4, 0.5) is 0 Å². The van der Waals surface area contributed by atoms with Crippen LogP contribution >= 0.6 is 11.6 Å². The summed E-state index contributed by atoms with van der Waals surface area (Å²) in [4.78, 5) is 0. The number of phenolic OH excluding ortho intramolecular Hbond substituents is 1. The highest BCUT2D eigenvalue weighted by atomic mass is 35.5. The molecule has 0 bridgehead atoms. The summed E-state index contributed by atoms with van der Waals surface area (Å²) >= 11 is 5.95. The van der Waals surface area contributed by atoms with Crippen molar-refractivity contribution in [3.05, 3.63) is 40.9 Å². The average molecular weight is 204 g/mol. The van der Waals surface area contributed by atoms with Crippen LogP contribution in [0, 0.1) is 11.3 Å². The molecule has 1 N–H and O–H groups in total. The van der Waals surface area contributed by atoms with Gasteiger partial charge in [0, 0.05) is 15.8 Å². The first-order valence-corrected chi connectivity index (χ1v) is 4.42. The summed E-state index contributed by atoms with van der Waals surface area (Å²) in [7, 11) is 0. The molecular formula is C11H6ClNO. The van der Waals surface area contributed by atoms with E-state index in [-0.39, 0.29) is 5.75 Å². The Hall–Kier alpha value is -1.72. The van der Waals surface area contributed by atoms with E-state index in [1.54, 1.807) is 24.3 Å². The van der Waals surface area contributed by atoms with E-state index in [2.05, 4.69) is 0 Å². The van der Waals surface area contributed by atoms with Crippen LogP contribution in [-0.4, -0.2) is 5.11 Å². The van der Waals surface area contributed by atoms with E-state index in [0.717, 1.165) is 0 Å².